The molecule has 0 unspecified atom stereocenters. The van der Waals surface area contributed by atoms with Gasteiger partial charge in [-0.3, -0.25) is 4.79 Å². The van der Waals surface area contributed by atoms with Crippen LogP contribution in [0.15, 0.2) is 65.3 Å². The quantitative estimate of drug-likeness (QED) is 0.656. The van der Waals surface area contributed by atoms with Crippen molar-refractivity contribution < 1.29 is 9.53 Å². The van der Waals surface area contributed by atoms with Crippen molar-refractivity contribution in [2.24, 2.45) is 0 Å². The Hall–Kier alpha value is -2.07. The van der Waals surface area contributed by atoms with Gasteiger partial charge in [-0.15, -0.1) is 0 Å². The third-order valence-corrected chi connectivity index (χ3v) is 3.24. The summed E-state index contributed by atoms with van der Waals surface area (Å²) in [5.74, 6) is 0.674. The highest BCUT2D eigenvalue weighted by Gasteiger charge is 2.01. The number of halogens is 1. The fourth-order valence-electron chi connectivity index (χ4n) is 1.68. The molecule has 0 saturated carbocycles. The van der Waals surface area contributed by atoms with E-state index in [4.69, 9.17) is 4.74 Å². The zero-order valence-electron chi connectivity index (χ0n) is 11.0. The molecule has 0 fully saturated rings. The van der Waals surface area contributed by atoms with Gasteiger partial charge in [-0.1, -0.05) is 28.1 Å². The van der Waals surface area contributed by atoms with Gasteiger partial charge in [0.1, 0.15) is 5.75 Å². The minimum absolute atomic E-state index is 0.0557. The lowest BCUT2D eigenvalue weighted by molar-refractivity contribution is 0.104. The first kappa shape index (κ1) is 14.3. The van der Waals surface area contributed by atoms with E-state index in [0.29, 0.717) is 5.56 Å². The molecule has 4 heteroatoms. The Labute approximate surface area is 126 Å². The number of nitrogens with one attached hydrogen (secondary N) is 1. The highest BCUT2D eigenvalue weighted by Crippen LogP contribution is 2.22. The second-order valence-electron chi connectivity index (χ2n) is 4.05. The van der Waals surface area contributed by atoms with Gasteiger partial charge in [0.05, 0.1) is 12.8 Å². The molecule has 0 aliphatic carbocycles. The third kappa shape index (κ3) is 3.71. The van der Waals surface area contributed by atoms with Crippen LogP contribution in [0, 0.1) is 0 Å². The third-order valence-electron chi connectivity index (χ3n) is 2.71. The van der Waals surface area contributed by atoms with Crippen LogP contribution < -0.4 is 10.1 Å². The van der Waals surface area contributed by atoms with Crippen LogP contribution in [0.2, 0.25) is 0 Å². The molecule has 0 aromatic heterocycles. The highest BCUT2D eigenvalue weighted by molar-refractivity contribution is 9.10. The van der Waals surface area contributed by atoms with Crippen molar-refractivity contribution in [1.29, 1.82) is 0 Å². The van der Waals surface area contributed by atoms with Gasteiger partial charge in [0, 0.05) is 22.3 Å². The van der Waals surface area contributed by atoms with Gasteiger partial charge in [-0.2, -0.15) is 0 Å². The predicted molar refractivity (Wildman–Crippen MR) is 84.2 cm³/mol. The number of carbonyl (C=O) groups excluding carboxylic acids is 1. The summed E-state index contributed by atoms with van der Waals surface area (Å²) in [4.78, 5) is 11.9. The van der Waals surface area contributed by atoms with E-state index in [1.807, 2.05) is 36.4 Å². The first-order chi connectivity index (χ1) is 9.70. The maximum Gasteiger partial charge on any atom is 0.187 e. The van der Waals surface area contributed by atoms with E-state index in [2.05, 4.69) is 21.2 Å². The standard InChI is InChI=1S/C16H14BrNO2/c1-20-16-5-3-2-4-14(16)18-11-10-15(19)12-6-8-13(17)9-7-12/h2-11,18H,1H3/b11-10-. The normalized spacial score (nSPS) is 10.5. The largest absolute Gasteiger partial charge is 0.495 e. The van der Waals surface area contributed by atoms with Gasteiger partial charge in [-0.25, -0.2) is 0 Å². The van der Waals surface area contributed by atoms with Gasteiger partial charge in [-0.05, 0) is 36.4 Å². The number of para-hydroxylation sites is 2. The number of hydrogen-bond donors (Lipinski definition) is 1. The van der Waals surface area contributed by atoms with Crippen molar-refractivity contribution in [3.05, 3.63) is 70.8 Å². The molecule has 0 amide bonds. The molecule has 0 aliphatic rings. The number of methoxy groups -OCH3 is 1. The zero-order chi connectivity index (χ0) is 14.4. The number of ether oxygens (including phenoxy) is 1. The molecule has 0 radical (unpaired) electrons. The van der Waals surface area contributed by atoms with Crippen molar-refractivity contribution in [3.63, 3.8) is 0 Å². The van der Waals surface area contributed by atoms with Gasteiger partial charge in [0.2, 0.25) is 0 Å². The van der Waals surface area contributed by atoms with E-state index < -0.39 is 0 Å². The number of allylic oxidation sites excluding steroid dienone is 1. The molecule has 0 saturated heterocycles. The Balaban J connectivity index is 2.03. The Morgan fingerprint density at radius 1 is 1.15 bits per heavy atom. The van der Waals surface area contributed by atoms with Gasteiger partial charge >= 0.3 is 0 Å². The molecule has 20 heavy (non-hydrogen) atoms. The van der Waals surface area contributed by atoms with E-state index in [1.165, 1.54) is 6.08 Å². The van der Waals surface area contributed by atoms with Crippen LogP contribution in [0.5, 0.6) is 5.75 Å². The van der Waals surface area contributed by atoms with Crippen molar-refractivity contribution in [2.75, 3.05) is 12.4 Å². The van der Waals surface area contributed by atoms with Crippen LogP contribution in [0.3, 0.4) is 0 Å². The lowest BCUT2D eigenvalue weighted by atomic mass is 10.1. The summed E-state index contributed by atoms with van der Waals surface area (Å²) in [6.45, 7) is 0. The van der Waals surface area contributed by atoms with Crippen molar-refractivity contribution in [2.45, 2.75) is 0 Å². The van der Waals surface area contributed by atoms with Crippen LogP contribution in [0.1, 0.15) is 10.4 Å². The van der Waals surface area contributed by atoms with Crippen LogP contribution in [0.4, 0.5) is 5.69 Å². The Bertz CT molecular complexity index is 621. The monoisotopic (exact) mass is 331 g/mol. The average Bonchev–Trinajstić information content (AvgIpc) is 2.48. The number of anilines is 1. The smallest absolute Gasteiger partial charge is 0.187 e. The first-order valence-corrected chi connectivity index (χ1v) is 6.86. The molecule has 1 N–H and O–H groups in total. The molecule has 0 aliphatic heterocycles. The first-order valence-electron chi connectivity index (χ1n) is 6.06. The molecule has 2 aromatic rings. The highest BCUT2D eigenvalue weighted by atomic mass is 79.9. The van der Waals surface area contributed by atoms with Crippen LogP contribution in [-0.4, -0.2) is 12.9 Å². The van der Waals surface area contributed by atoms with E-state index in [-0.39, 0.29) is 5.78 Å². The number of rotatable bonds is 5. The molecule has 0 bridgehead atoms. The minimum Gasteiger partial charge on any atom is -0.495 e. The molecule has 2 aromatic carbocycles. The lowest BCUT2D eigenvalue weighted by Gasteiger charge is -2.06. The molecule has 0 heterocycles. The second-order valence-corrected chi connectivity index (χ2v) is 4.96. The zero-order valence-corrected chi connectivity index (χ0v) is 12.6. The topological polar surface area (TPSA) is 38.3 Å². The summed E-state index contributed by atoms with van der Waals surface area (Å²) in [7, 11) is 1.61. The molecular formula is C16H14BrNO2. The Kier molecular flexibility index (Phi) is 4.96. The minimum atomic E-state index is -0.0557. The Morgan fingerprint density at radius 3 is 2.55 bits per heavy atom. The number of ketones is 1. The van der Waals surface area contributed by atoms with Crippen LogP contribution >= 0.6 is 15.9 Å². The SMILES string of the molecule is COc1ccccc1N/C=C\C(=O)c1ccc(Br)cc1. The van der Waals surface area contributed by atoms with E-state index in [1.54, 1.807) is 25.4 Å². The molecular weight excluding hydrogens is 318 g/mol. The van der Waals surface area contributed by atoms with E-state index >= 15 is 0 Å². The molecule has 0 spiro atoms. The molecule has 2 rings (SSSR count). The van der Waals surface area contributed by atoms with E-state index in [9.17, 15) is 4.79 Å². The summed E-state index contributed by atoms with van der Waals surface area (Å²) in [6.07, 6.45) is 3.11. The van der Waals surface area contributed by atoms with Gasteiger partial charge < -0.3 is 10.1 Å². The maximum atomic E-state index is 11.9. The summed E-state index contributed by atoms with van der Waals surface area (Å²) < 4.78 is 6.16. The average molecular weight is 332 g/mol. The Morgan fingerprint density at radius 2 is 1.85 bits per heavy atom. The van der Waals surface area contributed by atoms with Crippen molar-refractivity contribution in [3.8, 4) is 5.75 Å². The molecule has 102 valence electrons. The lowest BCUT2D eigenvalue weighted by Crippen LogP contribution is -1.97. The second kappa shape index (κ2) is 6.91. The maximum absolute atomic E-state index is 11.9. The van der Waals surface area contributed by atoms with Crippen molar-refractivity contribution >= 4 is 27.4 Å². The molecule has 3 nitrogen and oxygen atoms in total. The number of hydrogen-bond acceptors (Lipinski definition) is 3. The van der Waals surface area contributed by atoms with Gasteiger partial charge in [0.25, 0.3) is 0 Å². The summed E-state index contributed by atoms with van der Waals surface area (Å²) in [5, 5.41) is 3.04. The number of benzene rings is 2. The van der Waals surface area contributed by atoms with Gasteiger partial charge in [0.15, 0.2) is 5.78 Å². The fraction of sp³-hybridized carbons (Fsp3) is 0.0625. The predicted octanol–water partition coefficient (Wildman–Crippen LogP) is 4.27. The fourth-order valence-corrected chi connectivity index (χ4v) is 1.95. The van der Waals surface area contributed by atoms with Crippen molar-refractivity contribution in [1.82, 2.24) is 0 Å². The number of carbonyl (C=O) groups is 1. The van der Waals surface area contributed by atoms with Crippen LogP contribution in [-0.2, 0) is 0 Å². The van der Waals surface area contributed by atoms with Crippen LogP contribution in [0.25, 0.3) is 0 Å². The summed E-state index contributed by atoms with van der Waals surface area (Å²) in [5.41, 5.74) is 1.46. The summed E-state index contributed by atoms with van der Waals surface area (Å²) in [6, 6.07) is 14.8. The van der Waals surface area contributed by atoms with E-state index in [0.717, 1.165) is 15.9 Å². The summed E-state index contributed by atoms with van der Waals surface area (Å²) >= 11 is 3.34. The molecule has 0 atom stereocenters.